The molecule has 0 saturated heterocycles. The largest absolute Gasteiger partial charge is 0.0654 e. The second-order valence-corrected chi connectivity index (χ2v) is 6.31. The van der Waals surface area contributed by atoms with Crippen LogP contribution in [0, 0.1) is 0 Å². The van der Waals surface area contributed by atoms with Crippen molar-refractivity contribution in [3.05, 3.63) is 59.7 Å². The first-order valence-corrected chi connectivity index (χ1v) is 8.27. The fraction of sp³-hybridized carbons (Fsp3) is 0.333. The molecule has 2 aromatic carbocycles. The molecule has 0 aromatic heterocycles. The molecule has 19 heavy (non-hydrogen) atoms. The van der Waals surface area contributed by atoms with Gasteiger partial charge in [0, 0.05) is 0 Å². The smallest absolute Gasteiger partial charge is 0.0194 e. The van der Waals surface area contributed by atoms with Crippen LogP contribution in [0.3, 0.4) is 0 Å². The molecule has 1 atom stereocenters. The summed E-state index contributed by atoms with van der Waals surface area (Å²) >= 11 is 0. The van der Waals surface area contributed by atoms with Crippen molar-refractivity contribution in [1.29, 1.82) is 0 Å². The predicted octanol–water partition coefficient (Wildman–Crippen LogP) is 4.22. The van der Waals surface area contributed by atoms with E-state index in [9.17, 15) is 0 Å². The standard InChI is InChI=1S/C18H23P/c1-3-5-9-15-12-13-18(16(4-2)14-15)19-17-10-7-6-8-11-17/h6-8,10-14,19H,3-5,9H2,1-2H3. The van der Waals surface area contributed by atoms with Crippen molar-refractivity contribution in [2.75, 3.05) is 0 Å². The number of hydrogen-bond donors (Lipinski definition) is 0. The highest BCUT2D eigenvalue weighted by Crippen LogP contribution is 2.17. The Labute approximate surface area is 119 Å². The maximum Gasteiger partial charge on any atom is -0.0194 e. The van der Waals surface area contributed by atoms with Crippen LogP contribution < -0.4 is 10.6 Å². The molecule has 0 aliphatic rings. The number of hydrogen-bond acceptors (Lipinski definition) is 0. The topological polar surface area (TPSA) is 0 Å². The fourth-order valence-corrected chi connectivity index (χ4v) is 3.52. The second kappa shape index (κ2) is 7.46. The molecule has 0 fully saturated rings. The first-order chi connectivity index (χ1) is 9.33. The molecule has 0 nitrogen and oxygen atoms in total. The minimum absolute atomic E-state index is 0.781. The third kappa shape index (κ3) is 4.18. The summed E-state index contributed by atoms with van der Waals surface area (Å²) in [5, 5.41) is 2.94. The van der Waals surface area contributed by atoms with Crippen LogP contribution in [0.4, 0.5) is 0 Å². The molecule has 0 saturated carbocycles. The van der Waals surface area contributed by atoms with E-state index >= 15 is 0 Å². The highest BCUT2D eigenvalue weighted by atomic mass is 31.1. The Bertz CT molecular complexity index is 502. The van der Waals surface area contributed by atoms with E-state index in [2.05, 4.69) is 62.4 Å². The van der Waals surface area contributed by atoms with Gasteiger partial charge in [0.1, 0.15) is 0 Å². The van der Waals surface area contributed by atoms with E-state index in [1.54, 1.807) is 0 Å². The monoisotopic (exact) mass is 270 g/mol. The molecule has 100 valence electrons. The molecule has 0 bridgehead atoms. The van der Waals surface area contributed by atoms with Gasteiger partial charge in [-0.3, -0.25) is 0 Å². The quantitative estimate of drug-likeness (QED) is 0.689. The lowest BCUT2D eigenvalue weighted by Crippen LogP contribution is -2.09. The van der Waals surface area contributed by atoms with Crippen molar-refractivity contribution in [1.82, 2.24) is 0 Å². The normalized spacial score (nSPS) is 11.3. The third-order valence-corrected chi connectivity index (χ3v) is 4.80. The first-order valence-electron chi connectivity index (χ1n) is 7.27. The average Bonchev–Trinajstić information content (AvgIpc) is 2.47. The Balaban J connectivity index is 2.16. The minimum atomic E-state index is 0.781. The van der Waals surface area contributed by atoms with Crippen LogP contribution in [-0.4, -0.2) is 0 Å². The van der Waals surface area contributed by atoms with Gasteiger partial charge < -0.3 is 0 Å². The first kappa shape index (κ1) is 14.3. The molecule has 2 aromatic rings. The zero-order valence-electron chi connectivity index (χ0n) is 11.9. The summed E-state index contributed by atoms with van der Waals surface area (Å²) in [5.41, 5.74) is 3.02. The van der Waals surface area contributed by atoms with Crippen LogP contribution in [0.5, 0.6) is 0 Å². The molecule has 0 aliphatic heterocycles. The van der Waals surface area contributed by atoms with Crippen molar-refractivity contribution < 1.29 is 0 Å². The Kier molecular flexibility index (Phi) is 5.61. The number of benzene rings is 2. The Morgan fingerprint density at radius 1 is 0.947 bits per heavy atom. The van der Waals surface area contributed by atoms with Gasteiger partial charge in [-0.25, -0.2) is 0 Å². The molecule has 1 unspecified atom stereocenters. The van der Waals surface area contributed by atoms with Gasteiger partial charge in [0.15, 0.2) is 0 Å². The summed E-state index contributed by atoms with van der Waals surface area (Å²) in [5.74, 6) is 0. The summed E-state index contributed by atoms with van der Waals surface area (Å²) in [6.07, 6.45) is 4.92. The predicted molar refractivity (Wildman–Crippen MR) is 88.5 cm³/mol. The third-order valence-electron chi connectivity index (χ3n) is 3.42. The van der Waals surface area contributed by atoms with E-state index in [0.29, 0.717) is 0 Å². The molecule has 1 heteroatoms. The van der Waals surface area contributed by atoms with Crippen LogP contribution in [-0.2, 0) is 12.8 Å². The van der Waals surface area contributed by atoms with Crippen molar-refractivity contribution in [3.63, 3.8) is 0 Å². The zero-order chi connectivity index (χ0) is 13.5. The Morgan fingerprint density at radius 2 is 1.74 bits per heavy atom. The Hall–Kier alpha value is -1.13. The maximum absolute atomic E-state index is 2.42. The molecule has 2 rings (SSSR count). The van der Waals surface area contributed by atoms with E-state index in [0.717, 1.165) is 15.0 Å². The minimum Gasteiger partial charge on any atom is -0.0654 e. The maximum atomic E-state index is 2.42. The van der Waals surface area contributed by atoms with E-state index in [-0.39, 0.29) is 0 Å². The Morgan fingerprint density at radius 3 is 2.42 bits per heavy atom. The van der Waals surface area contributed by atoms with Gasteiger partial charge in [-0.05, 0) is 41.0 Å². The van der Waals surface area contributed by atoms with E-state index in [4.69, 9.17) is 0 Å². The molecule has 0 radical (unpaired) electrons. The van der Waals surface area contributed by atoms with Crippen LogP contribution in [0.15, 0.2) is 48.5 Å². The number of unbranched alkanes of at least 4 members (excludes halogenated alkanes) is 1. The van der Waals surface area contributed by atoms with Gasteiger partial charge in [0.05, 0.1) is 0 Å². The van der Waals surface area contributed by atoms with Gasteiger partial charge in [-0.2, -0.15) is 0 Å². The van der Waals surface area contributed by atoms with E-state index in [1.807, 2.05) is 0 Å². The molecule has 0 spiro atoms. The van der Waals surface area contributed by atoms with Crippen LogP contribution in [0.2, 0.25) is 0 Å². The number of rotatable bonds is 6. The molecule has 0 amide bonds. The summed E-state index contributed by atoms with van der Waals surface area (Å²) < 4.78 is 0. The van der Waals surface area contributed by atoms with Crippen LogP contribution in [0.25, 0.3) is 0 Å². The van der Waals surface area contributed by atoms with Crippen LogP contribution in [0.1, 0.15) is 37.8 Å². The van der Waals surface area contributed by atoms with Gasteiger partial charge in [-0.1, -0.05) is 77.4 Å². The fourth-order valence-electron chi connectivity index (χ4n) is 2.27. The molecular formula is C18H23P. The highest BCUT2D eigenvalue weighted by Gasteiger charge is 2.04. The molecule has 0 N–H and O–H groups in total. The van der Waals surface area contributed by atoms with Crippen molar-refractivity contribution >= 4 is 19.2 Å². The lowest BCUT2D eigenvalue weighted by atomic mass is 10.0. The van der Waals surface area contributed by atoms with Gasteiger partial charge in [0.2, 0.25) is 0 Å². The number of aryl methyl sites for hydroxylation is 2. The zero-order valence-corrected chi connectivity index (χ0v) is 12.9. The average molecular weight is 270 g/mol. The summed E-state index contributed by atoms with van der Waals surface area (Å²) in [4.78, 5) is 0. The second-order valence-electron chi connectivity index (χ2n) is 4.94. The van der Waals surface area contributed by atoms with Crippen molar-refractivity contribution in [2.24, 2.45) is 0 Å². The lowest BCUT2D eigenvalue weighted by molar-refractivity contribution is 0.794. The highest BCUT2D eigenvalue weighted by molar-refractivity contribution is 7.55. The van der Waals surface area contributed by atoms with Gasteiger partial charge in [-0.15, -0.1) is 0 Å². The van der Waals surface area contributed by atoms with Crippen molar-refractivity contribution in [2.45, 2.75) is 39.5 Å². The molecular weight excluding hydrogens is 247 g/mol. The summed E-state index contributed by atoms with van der Waals surface area (Å²) in [6, 6.07) is 17.9. The molecule has 0 aliphatic carbocycles. The molecule has 0 heterocycles. The summed E-state index contributed by atoms with van der Waals surface area (Å²) in [6.45, 7) is 4.52. The lowest BCUT2D eigenvalue weighted by Gasteiger charge is -2.11. The SMILES string of the molecule is CCCCc1ccc(Pc2ccccc2)c(CC)c1. The summed E-state index contributed by atoms with van der Waals surface area (Å²) in [7, 11) is 0.781. The van der Waals surface area contributed by atoms with Gasteiger partial charge >= 0.3 is 0 Å². The van der Waals surface area contributed by atoms with Crippen LogP contribution >= 0.6 is 8.58 Å². The van der Waals surface area contributed by atoms with Crippen molar-refractivity contribution in [3.8, 4) is 0 Å². The van der Waals surface area contributed by atoms with E-state index in [1.165, 1.54) is 41.0 Å². The van der Waals surface area contributed by atoms with Gasteiger partial charge in [0.25, 0.3) is 0 Å². The van der Waals surface area contributed by atoms with E-state index < -0.39 is 0 Å².